The fourth-order valence-corrected chi connectivity index (χ4v) is 2.32. The predicted molar refractivity (Wildman–Crippen MR) is 61.2 cm³/mol. The molecule has 2 aromatic rings. The van der Waals surface area contributed by atoms with Crippen LogP contribution in [0.5, 0.6) is 0 Å². The SMILES string of the molecule is CCc1ccc(-c2nc(C(F)(F)F)c(C(=O)O)o2)s1. The van der Waals surface area contributed by atoms with Crippen LogP contribution in [0.2, 0.25) is 0 Å². The van der Waals surface area contributed by atoms with Crippen molar-refractivity contribution in [3.63, 3.8) is 0 Å². The second kappa shape index (κ2) is 4.69. The summed E-state index contributed by atoms with van der Waals surface area (Å²) in [5, 5.41) is 8.71. The first-order chi connectivity index (χ1) is 8.82. The first kappa shape index (κ1) is 13.6. The van der Waals surface area contributed by atoms with E-state index in [9.17, 15) is 18.0 Å². The normalized spacial score (nSPS) is 11.8. The van der Waals surface area contributed by atoms with Crippen LogP contribution in [0.4, 0.5) is 13.2 Å². The molecule has 0 saturated carbocycles. The molecule has 0 bridgehead atoms. The van der Waals surface area contributed by atoms with Gasteiger partial charge in [0.1, 0.15) is 0 Å². The van der Waals surface area contributed by atoms with E-state index in [2.05, 4.69) is 4.98 Å². The Morgan fingerprint density at radius 3 is 2.58 bits per heavy atom. The molecule has 0 unspecified atom stereocenters. The van der Waals surface area contributed by atoms with Crippen molar-refractivity contribution in [2.24, 2.45) is 0 Å². The third-order valence-electron chi connectivity index (χ3n) is 2.31. The zero-order chi connectivity index (χ0) is 14.2. The fraction of sp³-hybridized carbons (Fsp3) is 0.273. The van der Waals surface area contributed by atoms with E-state index < -0.39 is 23.6 Å². The average molecular weight is 291 g/mol. The van der Waals surface area contributed by atoms with Crippen LogP contribution in [0.3, 0.4) is 0 Å². The molecule has 4 nitrogen and oxygen atoms in total. The van der Waals surface area contributed by atoms with Crippen LogP contribution in [-0.2, 0) is 12.6 Å². The molecule has 19 heavy (non-hydrogen) atoms. The number of nitrogens with zero attached hydrogens (tertiary/aromatic N) is 1. The van der Waals surface area contributed by atoms with Crippen LogP contribution in [0.25, 0.3) is 10.8 Å². The standard InChI is InChI=1S/C11H8F3NO3S/c1-2-5-3-4-6(19-5)9-15-8(11(12,13)14)7(18-9)10(16)17/h3-4H,2H2,1H3,(H,16,17). The van der Waals surface area contributed by atoms with E-state index in [-0.39, 0.29) is 5.89 Å². The van der Waals surface area contributed by atoms with Gasteiger partial charge < -0.3 is 9.52 Å². The van der Waals surface area contributed by atoms with E-state index >= 15 is 0 Å². The molecule has 0 radical (unpaired) electrons. The third-order valence-corrected chi connectivity index (χ3v) is 3.53. The predicted octanol–water partition coefficient (Wildman–Crippen LogP) is 3.68. The maximum Gasteiger partial charge on any atom is 0.437 e. The highest BCUT2D eigenvalue weighted by Crippen LogP contribution is 2.36. The number of aromatic nitrogens is 1. The molecule has 8 heteroatoms. The smallest absolute Gasteiger partial charge is 0.437 e. The maximum atomic E-state index is 12.6. The summed E-state index contributed by atoms with van der Waals surface area (Å²) in [7, 11) is 0. The van der Waals surface area contributed by atoms with Gasteiger partial charge in [-0.25, -0.2) is 9.78 Å². The summed E-state index contributed by atoms with van der Waals surface area (Å²) in [4.78, 5) is 15.3. The molecule has 0 amide bonds. The number of thiophene rings is 1. The van der Waals surface area contributed by atoms with Gasteiger partial charge in [0.25, 0.3) is 0 Å². The van der Waals surface area contributed by atoms with Gasteiger partial charge in [0, 0.05) is 4.88 Å². The number of carboxylic acid groups (broad SMARTS) is 1. The Bertz CT molecular complexity index is 615. The molecular formula is C11H8F3NO3S. The van der Waals surface area contributed by atoms with Crippen LogP contribution in [0.1, 0.15) is 28.0 Å². The van der Waals surface area contributed by atoms with E-state index in [0.29, 0.717) is 4.88 Å². The number of aromatic carboxylic acids is 1. The Kier molecular flexibility index (Phi) is 3.36. The van der Waals surface area contributed by atoms with Crippen LogP contribution in [0, 0.1) is 0 Å². The first-order valence-corrected chi connectivity index (χ1v) is 6.05. The van der Waals surface area contributed by atoms with E-state index in [1.807, 2.05) is 6.92 Å². The van der Waals surface area contributed by atoms with Crippen molar-refractivity contribution >= 4 is 17.3 Å². The van der Waals surface area contributed by atoms with Crippen LogP contribution in [0.15, 0.2) is 16.5 Å². The van der Waals surface area contributed by atoms with Gasteiger partial charge in [0.2, 0.25) is 11.7 Å². The second-order valence-electron chi connectivity index (χ2n) is 3.62. The Hall–Kier alpha value is -1.83. The number of carboxylic acids is 1. The molecule has 0 atom stereocenters. The van der Waals surface area contributed by atoms with Gasteiger partial charge in [-0.1, -0.05) is 6.92 Å². The van der Waals surface area contributed by atoms with Crippen LogP contribution >= 0.6 is 11.3 Å². The summed E-state index contributed by atoms with van der Waals surface area (Å²) in [6, 6.07) is 3.29. The first-order valence-electron chi connectivity index (χ1n) is 5.23. The van der Waals surface area contributed by atoms with E-state index in [4.69, 9.17) is 9.52 Å². The highest BCUT2D eigenvalue weighted by molar-refractivity contribution is 7.15. The quantitative estimate of drug-likeness (QED) is 0.936. The van der Waals surface area contributed by atoms with Crippen molar-refractivity contribution in [3.05, 3.63) is 28.5 Å². The maximum absolute atomic E-state index is 12.6. The minimum absolute atomic E-state index is 0.325. The van der Waals surface area contributed by atoms with Gasteiger partial charge in [-0.3, -0.25) is 0 Å². The lowest BCUT2D eigenvalue weighted by Crippen LogP contribution is -2.11. The van der Waals surface area contributed by atoms with Crippen molar-refractivity contribution < 1.29 is 27.5 Å². The monoisotopic (exact) mass is 291 g/mol. The number of hydrogen-bond donors (Lipinski definition) is 1. The minimum Gasteiger partial charge on any atom is -0.475 e. The van der Waals surface area contributed by atoms with E-state index in [0.717, 1.165) is 11.3 Å². The van der Waals surface area contributed by atoms with Crippen molar-refractivity contribution in [2.45, 2.75) is 19.5 Å². The molecule has 0 aromatic carbocycles. The highest BCUT2D eigenvalue weighted by Gasteiger charge is 2.41. The van der Waals surface area contributed by atoms with E-state index in [1.54, 1.807) is 12.1 Å². The Morgan fingerprint density at radius 1 is 1.47 bits per heavy atom. The summed E-state index contributed by atoms with van der Waals surface area (Å²) in [5.41, 5.74) is -1.51. The van der Waals surface area contributed by atoms with Gasteiger partial charge in [-0.15, -0.1) is 11.3 Å². The van der Waals surface area contributed by atoms with Gasteiger partial charge in [0.05, 0.1) is 4.88 Å². The van der Waals surface area contributed by atoms with Gasteiger partial charge in [0.15, 0.2) is 5.69 Å². The Labute approximate surface area is 109 Å². The zero-order valence-electron chi connectivity index (χ0n) is 9.61. The zero-order valence-corrected chi connectivity index (χ0v) is 10.4. The number of alkyl halides is 3. The van der Waals surface area contributed by atoms with Gasteiger partial charge in [-0.2, -0.15) is 13.2 Å². The molecule has 0 fully saturated rings. The number of rotatable bonds is 3. The summed E-state index contributed by atoms with van der Waals surface area (Å²) in [6.07, 6.45) is -4.14. The third kappa shape index (κ3) is 2.62. The van der Waals surface area contributed by atoms with Crippen molar-refractivity contribution in [1.82, 2.24) is 4.98 Å². The Morgan fingerprint density at radius 2 is 2.16 bits per heavy atom. The molecule has 0 aliphatic rings. The minimum atomic E-state index is -4.86. The molecule has 0 aliphatic carbocycles. The summed E-state index contributed by atoms with van der Waals surface area (Å²) in [6.45, 7) is 1.90. The molecule has 2 rings (SSSR count). The molecule has 0 spiro atoms. The van der Waals surface area contributed by atoms with Gasteiger partial charge in [-0.05, 0) is 18.6 Å². The second-order valence-corrected chi connectivity index (χ2v) is 4.79. The molecule has 0 aliphatic heterocycles. The van der Waals surface area contributed by atoms with E-state index in [1.165, 1.54) is 11.3 Å². The number of carbonyl (C=O) groups is 1. The lowest BCUT2D eigenvalue weighted by molar-refractivity contribution is -0.141. The molecular weight excluding hydrogens is 283 g/mol. The number of oxazole rings is 1. The summed E-state index contributed by atoms with van der Waals surface area (Å²) < 4.78 is 42.6. The molecule has 2 aromatic heterocycles. The molecule has 1 N–H and O–H groups in total. The topological polar surface area (TPSA) is 63.3 Å². The average Bonchev–Trinajstić information content (AvgIpc) is 2.94. The van der Waals surface area contributed by atoms with Crippen molar-refractivity contribution in [1.29, 1.82) is 0 Å². The van der Waals surface area contributed by atoms with Crippen molar-refractivity contribution in [3.8, 4) is 10.8 Å². The lowest BCUT2D eigenvalue weighted by atomic mass is 10.3. The largest absolute Gasteiger partial charge is 0.475 e. The van der Waals surface area contributed by atoms with Crippen LogP contribution in [-0.4, -0.2) is 16.1 Å². The molecule has 102 valence electrons. The number of aryl methyl sites for hydroxylation is 1. The number of halogens is 3. The van der Waals surface area contributed by atoms with Crippen LogP contribution < -0.4 is 0 Å². The van der Waals surface area contributed by atoms with Gasteiger partial charge >= 0.3 is 12.1 Å². The highest BCUT2D eigenvalue weighted by atomic mass is 32.1. The lowest BCUT2D eigenvalue weighted by Gasteiger charge is -2.00. The molecule has 0 saturated heterocycles. The summed E-state index contributed by atoms with van der Waals surface area (Å²) >= 11 is 1.21. The van der Waals surface area contributed by atoms with Crippen molar-refractivity contribution in [2.75, 3.05) is 0 Å². The molecule has 2 heterocycles. The number of hydrogen-bond acceptors (Lipinski definition) is 4. The summed E-state index contributed by atoms with van der Waals surface area (Å²) in [5.74, 6) is -3.30. The fourth-order valence-electron chi connectivity index (χ4n) is 1.45. The Balaban J connectivity index is 2.51.